The third-order valence-corrected chi connectivity index (χ3v) is 3.15. The van der Waals surface area contributed by atoms with Gasteiger partial charge in [-0.25, -0.2) is 0 Å². The fraction of sp³-hybridized carbons (Fsp3) is 0.917. The Morgan fingerprint density at radius 2 is 2.15 bits per heavy atom. The van der Waals surface area contributed by atoms with Crippen LogP contribution in [0.15, 0.2) is 0 Å². The Morgan fingerprint density at radius 1 is 1.46 bits per heavy atom. The molecule has 0 aromatic heterocycles. The highest BCUT2D eigenvalue weighted by Gasteiger charge is 2.29. The average molecular weight is 182 g/mol. The van der Waals surface area contributed by atoms with Gasteiger partial charge in [0.1, 0.15) is 5.78 Å². The Bertz CT molecular complexity index is 182. The van der Waals surface area contributed by atoms with Crippen LogP contribution >= 0.6 is 0 Å². The van der Waals surface area contributed by atoms with Crippen LogP contribution in [0.1, 0.15) is 59.3 Å². The highest BCUT2D eigenvalue weighted by molar-refractivity contribution is 5.81. The summed E-state index contributed by atoms with van der Waals surface area (Å²) in [6.45, 7) is 6.61. The zero-order chi connectivity index (χ0) is 9.90. The number of hydrogen-bond acceptors (Lipinski definition) is 1. The van der Waals surface area contributed by atoms with Gasteiger partial charge >= 0.3 is 0 Å². The highest BCUT2D eigenvalue weighted by Crippen LogP contribution is 2.35. The van der Waals surface area contributed by atoms with Crippen molar-refractivity contribution < 1.29 is 4.79 Å². The monoisotopic (exact) mass is 182 g/mol. The summed E-state index contributed by atoms with van der Waals surface area (Å²) >= 11 is 0. The molecule has 0 saturated heterocycles. The lowest BCUT2D eigenvalue weighted by atomic mass is 9.84. The Hall–Kier alpha value is -0.330. The van der Waals surface area contributed by atoms with Crippen LogP contribution in [0.5, 0.6) is 0 Å². The lowest BCUT2D eigenvalue weighted by molar-refractivity contribution is -0.124. The van der Waals surface area contributed by atoms with Crippen molar-refractivity contribution in [3.8, 4) is 0 Å². The Kier molecular flexibility index (Phi) is 3.52. The van der Waals surface area contributed by atoms with E-state index in [1.807, 2.05) is 0 Å². The number of carbonyl (C=O) groups is 1. The molecule has 0 spiro atoms. The number of hydrogen-bond donors (Lipinski definition) is 0. The van der Waals surface area contributed by atoms with Crippen LogP contribution in [0.4, 0.5) is 0 Å². The lowest BCUT2D eigenvalue weighted by Gasteiger charge is -2.20. The van der Waals surface area contributed by atoms with E-state index in [4.69, 9.17) is 0 Å². The van der Waals surface area contributed by atoms with Gasteiger partial charge in [0.15, 0.2) is 0 Å². The standard InChI is InChI=1S/C12H22O/c1-4-6-10-7-5-8-12(2,3)9-11(10)13/h10H,4-9H2,1-3H3. The molecule has 1 aliphatic rings. The molecule has 1 aliphatic carbocycles. The van der Waals surface area contributed by atoms with Crippen molar-refractivity contribution in [1.82, 2.24) is 0 Å². The summed E-state index contributed by atoms with van der Waals surface area (Å²) in [5.41, 5.74) is 0.263. The van der Waals surface area contributed by atoms with Crippen LogP contribution in [0.25, 0.3) is 0 Å². The van der Waals surface area contributed by atoms with Crippen LogP contribution in [0.2, 0.25) is 0 Å². The van der Waals surface area contributed by atoms with Crippen LogP contribution in [-0.2, 0) is 4.79 Å². The minimum Gasteiger partial charge on any atom is -0.299 e. The summed E-state index contributed by atoms with van der Waals surface area (Å²) in [6, 6.07) is 0. The zero-order valence-corrected chi connectivity index (χ0v) is 9.23. The van der Waals surface area contributed by atoms with Crippen LogP contribution in [0, 0.1) is 11.3 Å². The maximum absolute atomic E-state index is 11.8. The number of carbonyl (C=O) groups excluding carboxylic acids is 1. The summed E-state index contributed by atoms with van der Waals surface area (Å²) in [7, 11) is 0. The van der Waals surface area contributed by atoms with Crippen molar-refractivity contribution in [2.45, 2.75) is 59.3 Å². The van der Waals surface area contributed by atoms with Crippen molar-refractivity contribution in [3.63, 3.8) is 0 Å². The molecule has 76 valence electrons. The summed E-state index contributed by atoms with van der Waals surface area (Å²) in [4.78, 5) is 11.8. The Labute approximate surface area is 81.9 Å². The lowest BCUT2D eigenvalue weighted by Crippen LogP contribution is -2.18. The minimum absolute atomic E-state index is 0.263. The van der Waals surface area contributed by atoms with E-state index in [2.05, 4.69) is 20.8 Å². The molecular weight excluding hydrogens is 160 g/mol. The summed E-state index contributed by atoms with van der Waals surface area (Å²) in [6.07, 6.45) is 6.65. The number of rotatable bonds is 2. The van der Waals surface area contributed by atoms with E-state index in [0.29, 0.717) is 11.7 Å². The molecule has 0 N–H and O–H groups in total. The molecule has 0 aromatic rings. The molecule has 1 saturated carbocycles. The third-order valence-electron chi connectivity index (χ3n) is 3.15. The largest absolute Gasteiger partial charge is 0.299 e. The molecule has 0 radical (unpaired) electrons. The molecule has 0 heterocycles. The SMILES string of the molecule is CCCC1CCCC(C)(C)CC1=O. The van der Waals surface area contributed by atoms with Gasteiger partial charge in [0, 0.05) is 12.3 Å². The first-order valence-electron chi connectivity index (χ1n) is 5.58. The molecule has 0 bridgehead atoms. The second-order valence-corrected chi connectivity index (χ2v) is 5.19. The van der Waals surface area contributed by atoms with E-state index in [9.17, 15) is 4.79 Å². The average Bonchev–Trinajstić information content (AvgIpc) is 2.11. The van der Waals surface area contributed by atoms with E-state index in [-0.39, 0.29) is 5.41 Å². The van der Waals surface area contributed by atoms with Gasteiger partial charge in [-0.05, 0) is 24.7 Å². The van der Waals surface area contributed by atoms with Crippen molar-refractivity contribution >= 4 is 5.78 Å². The first-order valence-corrected chi connectivity index (χ1v) is 5.58. The number of Topliss-reactive ketones (excluding diaryl/α,β-unsaturated/α-hetero) is 1. The summed E-state index contributed by atoms with van der Waals surface area (Å²) in [5.74, 6) is 0.899. The summed E-state index contributed by atoms with van der Waals surface area (Å²) in [5, 5.41) is 0. The molecule has 1 heteroatoms. The maximum Gasteiger partial charge on any atom is 0.136 e. The molecule has 0 amide bonds. The fourth-order valence-corrected chi connectivity index (χ4v) is 2.35. The Morgan fingerprint density at radius 3 is 2.77 bits per heavy atom. The molecule has 1 atom stereocenters. The molecule has 1 fully saturated rings. The van der Waals surface area contributed by atoms with Crippen LogP contribution in [-0.4, -0.2) is 5.78 Å². The zero-order valence-electron chi connectivity index (χ0n) is 9.23. The molecular formula is C12H22O. The molecule has 1 nitrogen and oxygen atoms in total. The van der Waals surface area contributed by atoms with Crippen LogP contribution in [0.3, 0.4) is 0 Å². The second kappa shape index (κ2) is 4.26. The fourth-order valence-electron chi connectivity index (χ4n) is 2.35. The molecule has 0 aliphatic heterocycles. The Balaban J connectivity index is 2.57. The second-order valence-electron chi connectivity index (χ2n) is 5.19. The van der Waals surface area contributed by atoms with E-state index >= 15 is 0 Å². The summed E-state index contributed by atoms with van der Waals surface area (Å²) < 4.78 is 0. The molecule has 1 rings (SSSR count). The van der Waals surface area contributed by atoms with Gasteiger partial charge in [0.2, 0.25) is 0 Å². The van der Waals surface area contributed by atoms with E-state index in [1.165, 1.54) is 12.8 Å². The van der Waals surface area contributed by atoms with Gasteiger partial charge in [-0.3, -0.25) is 4.79 Å². The molecule has 0 aromatic carbocycles. The predicted molar refractivity (Wildman–Crippen MR) is 55.7 cm³/mol. The predicted octanol–water partition coefficient (Wildman–Crippen LogP) is 3.57. The smallest absolute Gasteiger partial charge is 0.136 e. The van der Waals surface area contributed by atoms with Gasteiger partial charge in [0.05, 0.1) is 0 Å². The highest BCUT2D eigenvalue weighted by atomic mass is 16.1. The molecule has 1 unspecified atom stereocenters. The molecule has 13 heavy (non-hydrogen) atoms. The van der Waals surface area contributed by atoms with Gasteiger partial charge in [-0.2, -0.15) is 0 Å². The van der Waals surface area contributed by atoms with Gasteiger partial charge in [-0.15, -0.1) is 0 Å². The van der Waals surface area contributed by atoms with Gasteiger partial charge in [0.25, 0.3) is 0 Å². The quantitative estimate of drug-likeness (QED) is 0.597. The normalized spacial score (nSPS) is 28.5. The van der Waals surface area contributed by atoms with Crippen molar-refractivity contribution in [2.24, 2.45) is 11.3 Å². The van der Waals surface area contributed by atoms with Crippen LogP contribution < -0.4 is 0 Å². The first-order chi connectivity index (χ1) is 6.05. The van der Waals surface area contributed by atoms with Gasteiger partial charge < -0.3 is 0 Å². The van der Waals surface area contributed by atoms with Gasteiger partial charge in [-0.1, -0.05) is 33.6 Å². The topological polar surface area (TPSA) is 17.1 Å². The maximum atomic E-state index is 11.8. The van der Waals surface area contributed by atoms with E-state index < -0.39 is 0 Å². The van der Waals surface area contributed by atoms with E-state index in [0.717, 1.165) is 25.7 Å². The van der Waals surface area contributed by atoms with E-state index in [1.54, 1.807) is 0 Å². The van der Waals surface area contributed by atoms with Crippen molar-refractivity contribution in [2.75, 3.05) is 0 Å². The number of ketones is 1. The van der Waals surface area contributed by atoms with Crippen molar-refractivity contribution in [1.29, 1.82) is 0 Å². The first kappa shape index (κ1) is 10.7. The minimum atomic E-state index is 0.263. The third kappa shape index (κ3) is 3.13. The van der Waals surface area contributed by atoms with Crippen molar-refractivity contribution in [3.05, 3.63) is 0 Å².